The SMILES string of the molecule is CCCCC(CN)NC(=O)c1cc(C)nnc1CC. The number of aromatic nitrogens is 2. The van der Waals surface area contributed by atoms with Crippen LogP contribution in [0.2, 0.25) is 0 Å². The lowest BCUT2D eigenvalue weighted by molar-refractivity contribution is 0.0934. The van der Waals surface area contributed by atoms with Gasteiger partial charge in [0.2, 0.25) is 0 Å². The Morgan fingerprint density at radius 3 is 2.74 bits per heavy atom. The maximum atomic E-state index is 12.3. The van der Waals surface area contributed by atoms with Crippen molar-refractivity contribution in [3.63, 3.8) is 0 Å². The summed E-state index contributed by atoms with van der Waals surface area (Å²) in [7, 11) is 0. The van der Waals surface area contributed by atoms with Crippen molar-refractivity contribution in [2.45, 2.75) is 52.5 Å². The highest BCUT2D eigenvalue weighted by atomic mass is 16.1. The minimum Gasteiger partial charge on any atom is -0.348 e. The molecule has 1 atom stereocenters. The van der Waals surface area contributed by atoms with E-state index in [-0.39, 0.29) is 11.9 Å². The van der Waals surface area contributed by atoms with Crippen molar-refractivity contribution < 1.29 is 4.79 Å². The summed E-state index contributed by atoms with van der Waals surface area (Å²) < 4.78 is 0. The molecule has 3 N–H and O–H groups in total. The fourth-order valence-corrected chi connectivity index (χ4v) is 1.93. The molecule has 1 aromatic rings. The molecule has 0 aliphatic carbocycles. The number of hydrogen-bond donors (Lipinski definition) is 2. The number of rotatable bonds is 7. The molecule has 1 aromatic heterocycles. The number of nitrogens with one attached hydrogen (secondary N) is 1. The highest BCUT2D eigenvalue weighted by Gasteiger charge is 2.16. The zero-order valence-electron chi connectivity index (χ0n) is 12.1. The molecular weight excluding hydrogens is 240 g/mol. The van der Waals surface area contributed by atoms with E-state index in [2.05, 4.69) is 22.4 Å². The summed E-state index contributed by atoms with van der Waals surface area (Å²) in [6.45, 7) is 6.39. The van der Waals surface area contributed by atoms with Crippen LogP contribution in [-0.4, -0.2) is 28.7 Å². The maximum Gasteiger partial charge on any atom is 0.253 e. The third-order valence-electron chi connectivity index (χ3n) is 3.10. The first-order valence-corrected chi connectivity index (χ1v) is 6.96. The van der Waals surface area contributed by atoms with Crippen LogP contribution in [-0.2, 0) is 6.42 Å². The van der Waals surface area contributed by atoms with E-state index in [1.165, 1.54) is 0 Å². The lowest BCUT2D eigenvalue weighted by Crippen LogP contribution is -2.40. The summed E-state index contributed by atoms with van der Waals surface area (Å²) in [6, 6.07) is 1.82. The first-order valence-electron chi connectivity index (χ1n) is 6.96. The molecule has 1 amide bonds. The number of hydrogen-bond acceptors (Lipinski definition) is 4. The van der Waals surface area contributed by atoms with E-state index in [0.717, 1.165) is 30.7 Å². The summed E-state index contributed by atoms with van der Waals surface area (Å²) in [5.74, 6) is -0.0959. The van der Waals surface area contributed by atoms with Crippen LogP contribution in [0.5, 0.6) is 0 Å². The third kappa shape index (κ3) is 4.59. The summed E-state index contributed by atoms with van der Waals surface area (Å²) in [5.41, 5.74) is 7.79. The standard InChI is InChI=1S/C14H24N4O/c1-4-6-7-11(9-15)16-14(19)12-8-10(3)17-18-13(12)5-2/h8,11H,4-7,9,15H2,1-3H3,(H,16,19). The minimum absolute atomic E-state index is 0.0330. The van der Waals surface area contributed by atoms with Gasteiger partial charge in [0.15, 0.2) is 0 Å². The van der Waals surface area contributed by atoms with E-state index in [4.69, 9.17) is 5.73 Å². The largest absolute Gasteiger partial charge is 0.348 e. The van der Waals surface area contributed by atoms with E-state index >= 15 is 0 Å². The second kappa shape index (κ2) is 7.84. The van der Waals surface area contributed by atoms with Gasteiger partial charge in [-0.3, -0.25) is 4.79 Å². The molecule has 5 heteroatoms. The zero-order chi connectivity index (χ0) is 14.3. The average molecular weight is 264 g/mol. The highest BCUT2D eigenvalue weighted by Crippen LogP contribution is 2.09. The van der Waals surface area contributed by atoms with E-state index < -0.39 is 0 Å². The van der Waals surface area contributed by atoms with Gasteiger partial charge in [-0.1, -0.05) is 26.7 Å². The smallest absolute Gasteiger partial charge is 0.253 e. The van der Waals surface area contributed by atoms with Crippen LogP contribution >= 0.6 is 0 Å². The van der Waals surface area contributed by atoms with Crippen LogP contribution in [0, 0.1) is 6.92 Å². The summed E-state index contributed by atoms with van der Waals surface area (Å²) in [6.07, 6.45) is 3.77. The molecule has 1 rings (SSSR count). The van der Waals surface area contributed by atoms with Gasteiger partial charge in [0.1, 0.15) is 0 Å². The van der Waals surface area contributed by atoms with E-state index in [0.29, 0.717) is 18.5 Å². The van der Waals surface area contributed by atoms with Crippen molar-refractivity contribution in [2.24, 2.45) is 5.73 Å². The van der Waals surface area contributed by atoms with Gasteiger partial charge < -0.3 is 11.1 Å². The van der Waals surface area contributed by atoms with E-state index in [9.17, 15) is 4.79 Å². The molecule has 0 aliphatic heterocycles. The van der Waals surface area contributed by atoms with Crippen LogP contribution in [0.3, 0.4) is 0 Å². The first-order chi connectivity index (χ1) is 9.12. The van der Waals surface area contributed by atoms with Crippen molar-refractivity contribution in [1.82, 2.24) is 15.5 Å². The Balaban J connectivity index is 2.78. The van der Waals surface area contributed by atoms with Crippen LogP contribution in [0.25, 0.3) is 0 Å². The summed E-state index contributed by atoms with van der Waals surface area (Å²) in [4.78, 5) is 12.3. The van der Waals surface area contributed by atoms with Crippen molar-refractivity contribution in [2.75, 3.05) is 6.54 Å². The molecule has 106 valence electrons. The van der Waals surface area contributed by atoms with Crippen molar-refractivity contribution in [3.05, 3.63) is 23.0 Å². The summed E-state index contributed by atoms with van der Waals surface area (Å²) >= 11 is 0. The predicted molar refractivity (Wildman–Crippen MR) is 76.0 cm³/mol. The Hall–Kier alpha value is -1.49. The van der Waals surface area contributed by atoms with Crippen LogP contribution in [0.1, 0.15) is 54.9 Å². The molecule has 0 aromatic carbocycles. The van der Waals surface area contributed by atoms with Crippen LogP contribution < -0.4 is 11.1 Å². The predicted octanol–water partition coefficient (Wildman–Crippen LogP) is 1.59. The number of amides is 1. The molecule has 5 nitrogen and oxygen atoms in total. The van der Waals surface area contributed by atoms with Crippen molar-refractivity contribution in [1.29, 1.82) is 0 Å². The van der Waals surface area contributed by atoms with Gasteiger partial charge in [-0.25, -0.2) is 0 Å². The van der Waals surface area contributed by atoms with Gasteiger partial charge in [-0.05, 0) is 25.8 Å². The van der Waals surface area contributed by atoms with E-state index in [1.54, 1.807) is 6.07 Å². The monoisotopic (exact) mass is 264 g/mol. The minimum atomic E-state index is -0.0959. The fourth-order valence-electron chi connectivity index (χ4n) is 1.93. The number of nitrogens with two attached hydrogens (primary N) is 1. The second-order valence-electron chi connectivity index (χ2n) is 4.75. The van der Waals surface area contributed by atoms with E-state index in [1.807, 2.05) is 13.8 Å². The zero-order valence-corrected chi connectivity index (χ0v) is 12.1. The maximum absolute atomic E-state index is 12.3. The Labute approximate surface area is 115 Å². The molecule has 0 bridgehead atoms. The van der Waals surface area contributed by atoms with Crippen LogP contribution in [0.4, 0.5) is 0 Å². The molecule has 0 radical (unpaired) electrons. The molecule has 19 heavy (non-hydrogen) atoms. The van der Waals surface area contributed by atoms with Crippen molar-refractivity contribution in [3.8, 4) is 0 Å². The van der Waals surface area contributed by atoms with Gasteiger partial charge in [-0.2, -0.15) is 10.2 Å². The number of carbonyl (C=O) groups excluding carboxylic acids is 1. The van der Waals surface area contributed by atoms with Gasteiger partial charge in [0.05, 0.1) is 17.0 Å². The number of nitrogens with zero attached hydrogens (tertiary/aromatic N) is 2. The lowest BCUT2D eigenvalue weighted by Gasteiger charge is -2.17. The third-order valence-corrected chi connectivity index (χ3v) is 3.10. The van der Waals surface area contributed by atoms with Gasteiger partial charge in [-0.15, -0.1) is 0 Å². The quantitative estimate of drug-likeness (QED) is 0.783. The molecule has 1 unspecified atom stereocenters. The topological polar surface area (TPSA) is 80.9 Å². The lowest BCUT2D eigenvalue weighted by atomic mass is 10.1. The molecule has 0 aliphatic rings. The molecule has 0 saturated heterocycles. The van der Waals surface area contributed by atoms with Crippen LogP contribution in [0.15, 0.2) is 6.07 Å². The molecule has 0 fully saturated rings. The summed E-state index contributed by atoms with van der Waals surface area (Å²) in [5, 5.41) is 11.0. The molecule has 1 heterocycles. The second-order valence-corrected chi connectivity index (χ2v) is 4.75. The van der Waals surface area contributed by atoms with Gasteiger partial charge in [0.25, 0.3) is 5.91 Å². The number of carbonyl (C=O) groups is 1. The number of aryl methyl sites for hydroxylation is 2. The highest BCUT2D eigenvalue weighted by molar-refractivity contribution is 5.95. The van der Waals surface area contributed by atoms with Gasteiger partial charge in [0, 0.05) is 12.6 Å². The fraction of sp³-hybridized carbons (Fsp3) is 0.643. The molecule has 0 spiro atoms. The normalized spacial score (nSPS) is 12.2. The molecule has 0 saturated carbocycles. The Bertz CT molecular complexity index is 420. The van der Waals surface area contributed by atoms with Gasteiger partial charge >= 0.3 is 0 Å². The average Bonchev–Trinajstić information content (AvgIpc) is 2.43. The Kier molecular flexibility index (Phi) is 6.42. The number of unbranched alkanes of at least 4 members (excludes halogenated alkanes) is 1. The van der Waals surface area contributed by atoms with Crippen molar-refractivity contribution >= 4 is 5.91 Å². The first kappa shape index (κ1) is 15.6. The molecular formula is C14H24N4O. The Morgan fingerprint density at radius 1 is 1.42 bits per heavy atom. The Morgan fingerprint density at radius 2 is 2.16 bits per heavy atom.